The quantitative estimate of drug-likeness (QED) is 0.458. The Morgan fingerprint density at radius 3 is 2.29 bits per heavy atom. The number of nitrogens with zero attached hydrogens (tertiary/aromatic N) is 2. The number of hydrogen-bond donors (Lipinski definition) is 0. The molecule has 0 aliphatic carbocycles. The summed E-state index contributed by atoms with van der Waals surface area (Å²) in [6, 6.07) is 0. The van der Waals surface area contributed by atoms with E-state index in [2.05, 4.69) is 4.98 Å². The highest BCUT2D eigenvalue weighted by Crippen LogP contribution is 2.31. The Balaban J connectivity index is 2.26. The molecule has 0 atom stereocenters. The molecule has 9 heteroatoms. The van der Waals surface area contributed by atoms with Gasteiger partial charge in [-0.25, -0.2) is 17.6 Å². The van der Waals surface area contributed by atoms with Crippen LogP contribution in [-0.2, 0) is 4.74 Å². The lowest BCUT2D eigenvalue weighted by Crippen LogP contribution is -2.37. The summed E-state index contributed by atoms with van der Waals surface area (Å²) in [5.74, 6) is -7.24. The van der Waals surface area contributed by atoms with Crippen LogP contribution in [0.4, 0.5) is 22.7 Å². The number of aromatic nitrogens is 1. The number of morpholine rings is 1. The molecule has 1 aromatic carbocycles. The van der Waals surface area contributed by atoms with E-state index in [1.165, 1.54) is 0 Å². The number of rotatable bonds is 1. The highest BCUT2D eigenvalue weighted by atomic mass is 32.1. The van der Waals surface area contributed by atoms with Crippen LogP contribution in [0.15, 0.2) is 4.79 Å². The third kappa shape index (κ3) is 2.26. The minimum Gasteiger partial charge on any atom is -0.378 e. The van der Waals surface area contributed by atoms with Crippen LogP contribution in [0, 0.1) is 23.3 Å². The van der Waals surface area contributed by atoms with Crippen LogP contribution in [0.5, 0.6) is 0 Å². The smallest absolute Gasteiger partial charge is 0.284 e. The van der Waals surface area contributed by atoms with Gasteiger partial charge >= 0.3 is 0 Å². The van der Waals surface area contributed by atoms with Gasteiger partial charge in [0.1, 0.15) is 5.39 Å². The number of anilines is 1. The summed E-state index contributed by atoms with van der Waals surface area (Å²) < 4.78 is 58.4. The number of ether oxygens (including phenoxy) is 1. The van der Waals surface area contributed by atoms with Gasteiger partial charge in [-0.3, -0.25) is 4.79 Å². The van der Waals surface area contributed by atoms with E-state index >= 15 is 0 Å². The van der Waals surface area contributed by atoms with Gasteiger partial charge in [0.05, 0.1) is 17.9 Å². The molecule has 0 spiro atoms. The molecule has 2 aromatic rings. The van der Waals surface area contributed by atoms with Crippen LogP contribution in [0.3, 0.4) is 0 Å². The molecule has 3 rings (SSSR count). The zero-order valence-electron chi connectivity index (χ0n) is 10.5. The second kappa shape index (κ2) is 5.23. The molecule has 0 unspecified atom stereocenters. The van der Waals surface area contributed by atoms with Crippen molar-refractivity contribution < 1.29 is 22.3 Å². The number of fused-ring (bicyclic) bond motifs is 1. The minimum atomic E-state index is -2.01. The molecule has 1 fully saturated rings. The van der Waals surface area contributed by atoms with Crippen molar-refractivity contribution in [2.24, 2.45) is 0 Å². The van der Waals surface area contributed by atoms with Gasteiger partial charge in [0.2, 0.25) is 0 Å². The predicted octanol–water partition coefficient (Wildman–Crippen LogP) is 2.05. The molecule has 1 aliphatic heterocycles. The van der Waals surface area contributed by atoms with E-state index in [4.69, 9.17) is 4.74 Å². The highest BCUT2D eigenvalue weighted by Gasteiger charge is 2.25. The third-order valence-corrected chi connectivity index (χ3v) is 4.23. The van der Waals surface area contributed by atoms with Gasteiger partial charge in [0.15, 0.2) is 28.4 Å². The first kappa shape index (κ1) is 14.2. The van der Waals surface area contributed by atoms with Gasteiger partial charge < -0.3 is 9.64 Å². The summed E-state index contributed by atoms with van der Waals surface area (Å²) in [6.07, 6.45) is 0. The molecule has 0 bridgehead atoms. The maximum atomic E-state index is 13.8. The normalized spacial score (nSPS) is 15.7. The Hall–Kier alpha value is -1.74. The summed E-state index contributed by atoms with van der Waals surface area (Å²) in [7, 11) is 0. The zero-order valence-corrected chi connectivity index (χ0v) is 11.3. The zero-order chi connectivity index (χ0) is 15.1. The van der Waals surface area contributed by atoms with Crippen LogP contribution in [-0.4, -0.2) is 31.3 Å². The molecule has 0 saturated carbocycles. The first-order valence-corrected chi connectivity index (χ1v) is 6.82. The van der Waals surface area contributed by atoms with Crippen LogP contribution in [0.1, 0.15) is 0 Å². The van der Waals surface area contributed by atoms with Crippen molar-refractivity contribution in [2.75, 3.05) is 31.2 Å². The van der Waals surface area contributed by atoms with E-state index in [-0.39, 0.29) is 5.13 Å². The number of benzene rings is 1. The van der Waals surface area contributed by atoms with Gasteiger partial charge in [-0.1, -0.05) is 11.3 Å². The Morgan fingerprint density at radius 2 is 1.62 bits per heavy atom. The predicted molar refractivity (Wildman–Crippen MR) is 68.8 cm³/mol. The van der Waals surface area contributed by atoms with Crippen molar-refractivity contribution in [3.8, 4) is 0 Å². The van der Waals surface area contributed by atoms with Crippen molar-refractivity contribution in [3.63, 3.8) is 0 Å². The fourth-order valence-corrected chi connectivity index (χ4v) is 3.13. The van der Waals surface area contributed by atoms with E-state index in [1.807, 2.05) is 0 Å². The van der Waals surface area contributed by atoms with E-state index in [9.17, 15) is 22.4 Å². The van der Waals surface area contributed by atoms with E-state index in [0.29, 0.717) is 37.6 Å². The van der Waals surface area contributed by atoms with Crippen molar-refractivity contribution in [2.45, 2.75) is 0 Å². The second-order valence-electron chi connectivity index (χ2n) is 4.36. The van der Waals surface area contributed by atoms with Gasteiger partial charge in [-0.2, -0.15) is 4.98 Å². The first-order chi connectivity index (χ1) is 10.0. The topological polar surface area (TPSA) is 42.4 Å². The molecule has 0 radical (unpaired) electrons. The fraction of sp³-hybridized carbons (Fsp3) is 0.333. The standard InChI is InChI=1S/C12H8F4N2O2S/c13-6-5-10(9(16)8(15)7(6)14)21-12(17-11(5)19)18-1-3-20-4-2-18/h1-4H2. The van der Waals surface area contributed by atoms with Crippen molar-refractivity contribution in [1.29, 1.82) is 0 Å². The summed E-state index contributed by atoms with van der Waals surface area (Å²) >= 11 is 0.609. The van der Waals surface area contributed by atoms with E-state index < -0.39 is 38.9 Å². The van der Waals surface area contributed by atoms with E-state index in [0.717, 1.165) is 0 Å². The van der Waals surface area contributed by atoms with Crippen molar-refractivity contribution in [3.05, 3.63) is 33.6 Å². The lowest BCUT2D eigenvalue weighted by Gasteiger charge is -2.26. The summed E-state index contributed by atoms with van der Waals surface area (Å²) in [5.41, 5.74) is -1.12. The maximum Gasteiger partial charge on any atom is 0.284 e. The molecule has 0 amide bonds. The van der Waals surface area contributed by atoms with Crippen LogP contribution < -0.4 is 10.5 Å². The second-order valence-corrected chi connectivity index (χ2v) is 5.34. The molecule has 1 aromatic heterocycles. The van der Waals surface area contributed by atoms with Crippen LogP contribution in [0.2, 0.25) is 0 Å². The molecule has 112 valence electrons. The summed E-state index contributed by atoms with van der Waals surface area (Å²) in [5, 5.41) is -0.742. The number of halogens is 4. The Bertz CT molecular complexity index is 774. The van der Waals surface area contributed by atoms with Gasteiger partial charge in [0, 0.05) is 13.1 Å². The minimum absolute atomic E-state index is 0.125. The van der Waals surface area contributed by atoms with E-state index in [1.54, 1.807) is 4.90 Å². The Morgan fingerprint density at radius 1 is 1.00 bits per heavy atom. The first-order valence-electron chi connectivity index (χ1n) is 6.00. The molecule has 2 heterocycles. The van der Waals surface area contributed by atoms with Crippen LogP contribution >= 0.6 is 11.3 Å². The molecule has 0 N–H and O–H groups in total. The lowest BCUT2D eigenvalue weighted by molar-refractivity contribution is 0.122. The molecule has 1 aliphatic rings. The van der Waals surface area contributed by atoms with Crippen molar-refractivity contribution >= 4 is 26.6 Å². The van der Waals surface area contributed by atoms with Gasteiger partial charge in [-0.15, -0.1) is 0 Å². The average molecular weight is 320 g/mol. The number of hydrogen-bond acceptors (Lipinski definition) is 5. The SMILES string of the molecule is O=c1nc(N2CCOCC2)sc2c(F)c(F)c(F)c(F)c12. The monoisotopic (exact) mass is 320 g/mol. The Labute approximate surface area is 119 Å². The molecule has 4 nitrogen and oxygen atoms in total. The summed E-state index contributed by atoms with van der Waals surface area (Å²) in [4.78, 5) is 17.1. The molecular formula is C12H8F4N2O2S. The molecule has 21 heavy (non-hydrogen) atoms. The Kier molecular flexibility index (Phi) is 3.54. The molecule has 1 saturated heterocycles. The van der Waals surface area contributed by atoms with Gasteiger partial charge in [-0.05, 0) is 0 Å². The third-order valence-electron chi connectivity index (χ3n) is 3.11. The van der Waals surface area contributed by atoms with Crippen molar-refractivity contribution in [1.82, 2.24) is 4.98 Å². The largest absolute Gasteiger partial charge is 0.378 e. The average Bonchev–Trinajstić information content (AvgIpc) is 2.51. The maximum absolute atomic E-state index is 13.8. The molecular weight excluding hydrogens is 312 g/mol. The highest BCUT2D eigenvalue weighted by molar-refractivity contribution is 7.21. The summed E-state index contributed by atoms with van der Waals surface area (Å²) in [6.45, 7) is 1.63. The van der Waals surface area contributed by atoms with Gasteiger partial charge in [0.25, 0.3) is 5.56 Å². The fourth-order valence-electron chi connectivity index (χ4n) is 2.05. The lowest BCUT2D eigenvalue weighted by atomic mass is 10.2. The van der Waals surface area contributed by atoms with Crippen LogP contribution in [0.25, 0.3) is 10.1 Å².